The first-order valence-corrected chi connectivity index (χ1v) is 8.94. The van der Waals surface area contributed by atoms with Crippen LogP contribution in [-0.2, 0) is 9.59 Å². The first-order valence-electron chi connectivity index (χ1n) is 7.68. The van der Waals surface area contributed by atoms with Crippen molar-refractivity contribution in [2.75, 3.05) is 18.4 Å². The van der Waals surface area contributed by atoms with E-state index in [2.05, 4.69) is 5.32 Å². The van der Waals surface area contributed by atoms with Gasteiger partial charge in [-0.15, -0.1) is 11.8 Å². The zero-order chi connectivity index (χ0) is 15.5. The maximum atomic E-state index is 12.4. The van der Waals surface area contributed by atoms with Crippen LogP contribution in [0.5, 0.6) is 0 Å². The summed E-state index contributed by atoms with van der Waals surface area (Å²) in [4.78, 5) is 27.5. The molecule has 0 spiro atoms. The van der Waals surface area contributed by atoms with E-state index >= 15 is 0 Å². The van der Waals surface area contributed by atoms with Crippen LogP contribution in [0.4, 0.5) is 5.69 Å². The molecule has 0 saturated carbocycles. The summed E-state index contributed by atoms with van der Waals surface area (Å²) in [5.74, 6) is -0.0186. The van der Waals surface area contributed by atoms with Gasteiger partial charge in [-0.2, -0.15) is 0 Å². The van der Waals surface area contributed by atoms with Crippen LogP contribution in [0.25, 0.3) is 0 Å². The molecule has 2 amide bonds. The largest absolute Gasteiger partial charge is 0.343 e. The number of amides is 2. The molecule has 1 N–H and O–H groups in total. The summed E-state index contributed by atoms with van der Waals surface area (Å²) in [5, 5.41) is 3.10. The van der Waals surface area contributed by atoms with Gasteiger partial charge in [0.1, 0.15) is 0 Å². The van der Waals surface area contributed by atoms with Gasteiger partial charge < -0.3 is 10.2 Å². The maximum Gasteiger partial charge on any atom is 0.238 e. The molecule has 1 aromatic rings. The molecule has 2 aliphatic rings. The smallest absolute Gasteiger partial charge is 0.238 e. The second kappa shape index (κ2) is 6.92. The molecule has 2 aliphatic heterocycles. The number of carbonyl (C=O) groups is 2. The molecule has 0 bridgehead atoms. The van der Waals surface area contributed by atoms with Crippen LogP contribution in [0.2, 0.25) is 5.02 Å². The maximum absolute atomic E-state index is 12.4. The average Bonchev–Trinajstić information content (AvgIpc) is 2.77. The van der Waals surface area contributed by atoms with Crippen LogP contribution >= 0.6 is 23.4 Å². The summed E-state index contributed by atoms with van der Waals surface area (Å²) in [5.41, 5.74) is 0.737. The highest BCUT2D eigenvalue weighted by Crippen LogP contribution is 2.38. The minimum absolute atomic E-state index is 0.0898. The summed E-state index contributed by atoms with van der Waals surface area (Å²) in [6.45, 7) is 1.65. The van der Waals surface area contributed by atoms with E-state index in [4.69, 9.17) is 11.6 Å². The lowest BCUT2D eigenvalue weighted by molar-refractivity contribution is -0.132. The van der Waals surface area contributed by atoms with Crippen molar-refractivity contribution < 1.29 is 9.59 Å². The molecule has 1 aromatic carbocycles. The standard InChI is InChI=1S/C16H19ClN2O2S/c17-11-5-6-13-12(9-11)18-16(21)14(22-13)10-15(20)19-7-3-1-2-4-8-19/h5-6,9,14H,1-4,7-8,10H2,(H,18,21)/t14-/m1/s1. The predicted octanol–water partition coefficient (Wildman–Crippen LogP) is 3.55. The van der Waals surface area contributed by atoms with E-state index in [1.54, 1.807) is 12.1 Å². The van der Waals surface area contributed by atoms with E-state index in [0.717, 1.165) is 36.5 Å². The van der Waals surface area contributed by atoms with Crippen molar-refractivity contribution in [1.29, 1.82) is 0 Å². The SMILES string of the molecule is O=C1Nc2cc(Cl)ccc2S[C@@H]1CC(=O)N1CCCCCC1. The number of anilines is 1. The topological polar surface area (TPSA) is 49.4 Å². The highest BCUT2D eigenvalue weighted by Gasteiger charge is 2.30. The van der Waals surface area contributed by atoms with Gasteiger partial charge in [-0.3, -0.25) is 9.59 Å². The lowest BCUT2D eigenvalue weighted by Gasteiger charge is -2.26. The van der Waals surface area contributed by atoms with Crippen LogP contribution in [0, 0.1) is 0 Å². The highest BCUT2D eigenvalue weighted by molar-refractivity contribution is 8.01. The Hall–Kier alpha value is -1.20. The van der Waals surface area contributed by atoms with Gasteiger partial charge in [0.2, 0.25) is 11.8 Å². The van der Waals surface area contributed by atoms with E-state index in [0.29, 0.717) is 5.02 Å². The zero-order valence-corrected chi connectivity index (χ0v) is 13.9. The second-order valence-electron chi connectivity index (χ2n) is 5.74. The van der Waals surface area contributed by atoms with Crippen LogP contribution < -0.4 is 5.32 Å². The number of thioether (sulfide) groups is 1. The molecule has 0 aliphatic carbocycles. The number of halogens is 1. The predicted molar refractivity (Wildman–Crippen MR) is 89.4 cm³/mol. The molecule has 2 heterocycles. The molecule has 1 atom stereocenters. The number of rotatable bonds is 2. The van der Waals surface area contributed by atoms with Crippen LogP contribution in [-0.4, -0.2) is 35.1 Å². The molecule has 1 fully saturated rings. The van der Waals surface area contributed by atoms with Gasteiger partial charge in [-0.1, -0.05) is 24.4 Å². The first-order chi connectivity index (χ1) is 10.6. The van der Waals surface area contributed by atoms with Gasteiger partial charge in [0, 0.05) is 29.4 Å². The van der Waals surface area contributed by atoms with E-state index < -0.39 is 0 Å². The van der Waals surface area contributed by atoms with Gasteiger partial charge >= 0.3 is 0 Å². The highest BCUT2D eigenvalue weighted by atomic mass is 35.5. The van der Waals surface area contributed by atoms with Crippen molar-refractivity contribution >= 4 is 40.9 Å². The molecule has 3 rings (SSSR count). The number of fused-ring (bicyclic) bond motifs is 1. The minimum atomic E-state index is -0.357. The van der Waals surface area contributed by atoms with E-state index in [9.17, 15) is 9.59 Å². The molecule has 0 aromatic heterocycles. The Kier molecular flexibility index (Phi) is 4.93. The summed E-state index contributed by atoms with van der Waals surface area (Å²) in [7, 11) is 0. The van der Waals surface area contributed by atoms with Gasteiger partial charge in [0.25, 0.3) is 0 Å². The first kappa shape index (κ1) is 15.7. The average molecular weight is 339 g/mol. The van der Waals surface area contributed by atoms with Gasteiger partial charge in [0.15, 0.2) is 0 Å². The minimum Gasteiger partial charge on any atom is -0.343 e. The van der Waals surface area contributed by atoms with E-state index in [1.165, 1.54) is 24.6 Å². The van der Waals surface area contributed by atoms with Gasteiger partial charge in [0.05, 0.1) is 10.9 Å². The Morgan fingerprint density at radius 2 is 2.00 bits per heavy atom. The fourth-order valence-corrected chi connectivity index (χ4v) is 4.12. The molecule has 22 heavy (non-hydrogen) atoms. The molecule has 6 heteroatoms. The Bertz CT molecular complexity index is 586. The summed E-state index contributed by atoms with van der Waals surface area (Å²) >= 11 is 7.39. The number of likely N-dealkylation sites (tertiary alicyclic amines) is 1. The molecular weight excluding hydrogens is 320 g/mol. The fraction of sp³-hybridized carbons (Fsp3) is 0.500. The van der Waals surface area contributed by atoms with Gasteiger partial charge in [-0.25, -0.2) is 0 Å². The van der Waals surface area contributed by atoms with Crippen molar-refractivity contribution in [3.05, 3.63) is 23.2 Å². The molecule has 1 saturated heterocycles. The van der Waals surface area contributed by atoms with Crippen molar-refractivity contribution in [3.63, 3.8) is 0 Å². The zero-order valence-electron chi connectivity index (χ0n) is 12.3. The Morgan fingerprint density at radius 3 is 2.73 bits per heavy atom. The monoisotopic (exact) mass is 338 g/mol. The van der Waals surface area contributed by atoms with Crippen LogP contribution in [0.3, 0.4) is 0 Å². The van der Waals surface area contributed by atoms with Crippen molar-refractivity contribution in [2.24, 2.45) is 0 Å². The van der Waals surface area contributed by atoms with E-state index in [-0.39, 0.29) is 23.5 Å². The third-order valence-electron chi connectivity index (χ3n) is 4.08. The number of nitrogens with zero attached hydrogens (tertiary/aromatic N) is 1. The number of benzene rings is 1. The van der Waals surface area contributed by atoms with Crippen molar-refractivity contribution in [3.8, 4) is 0 Å². The third-order valence-corrected chi connectivity index (χ3v) is 5.59. The number of hydrogen-bond acceptors (Lipinski definition) is 3. The number of nitrogens with one attached hydrogen (secondary N) is 1. The summed E-state index contributed by atoms with van der Waals surface area (Å²) in [6, 6.07) is 5.44. The Labute approximate surface area is 139 Å². The van der Waals surface area contributed by atoms with Crippen molar-refractivity contribution in [2.45, 2.75) is 42.2 Å². The summed E-state index contributed by atoms with van der Waals surface area (Å²) < 4.78 is 0. The Balaban J connectivity index is 1.66. The molecular formula is C16H19ClN2O2S. The molecule has 0 radical (unpaired) electrons. The fourth-order valence-electron chi connectivity index (χ4n) is 2.86. The second-order valence-corrected chi connectivity index (χ2v) is 7.42. The third kappa shape index (κ3) is 3.58. The molecule has 118 valence electrons. The Morgan fingerprint density at radius 1 is 1.27 bits per heavy atom. The number of hydrogen-bond donors (Lipinski definition) is 1. The molecule has 4 nitrogen and oxygen atoms in total. The normalized spacial score (nSPS) is 21.8. The van der Waals surface area contributed by atoms with Crippen molar-refractivity contribution in [1.82, 2.24) is 4.90 Å². The van der Waals surface area contributed by atoms with Gasteiger partial charge in [-0.05, 0) is 31.0 Å². The quantitative estimate of drug-likeness (QED) is 0.897. The van der Waals surface area contributed by atoms with Crippen LogP contribution in [0.15, 0.2) is 23.1 Å². The molecule has 0 unspecified atom stereocenters. The number of carbonyl (C=O) groups excluding carboxylic acids is 2. The van der Waals surface area contributed by atoms with Crippen LogP contribution in [0.1, 0.15) is 32.1 Å². The van der Waals surface area contributed by atoms with E-state index in [1.807, 2.05) is 11.0 Å². The summed E-state index contributed by atoms with van der Waals surface area (Å²) in [6.07, 6.45) is 4.78. The lowest BCUT2D eigenvalue weighted by Crippen LogP contribution is -2.38. The lowest BCUT2D eigenvalue weighted by atomic mass is 10.2.